The van der Waals surface area contributed by atoms with Crippen molar-refractivity contribution in [2.45, 2.75) is 20.8 Å². The molecule has 0 aliphatic rings. The van der Waals surface area contributed by atoms with Crippen LogP contribution in [0.2, 0.25) is 0 Å². The van der Waals surface area contributed by atoms with Crippen LogP contribution >= 0.6 is 0 Å². The summed E-state index contributed by atoms with van der Waals surface area (Å²) in [6.45, 7) is 7.22. The standard InChI is InChI=1S/C13H19FN2O2/c1-4-16(7-8(2)3)12-5-9(13(17)18)11(15)6-10(12)14/h5-6,8H,4,7,15H2,1-3H3,(H,17,18). The molecule has 0 aliphatic heterocycles. The third-order valence-corrected chi connectivity index (χ3v) is 2.66. The third kappa shape index (κ3) is 3.12. The van der Waals surface area contributed by atoms with Crippen LogP contribution in [-0.2, 0) is 0 Å². The zero-order valence-corrected chi connectivity index (χ0v) is 10.9. The maximum atomic E-state index is 13.9. The average molecular weight is 254 g/mol. The van der Waals surface area contributed by atoms with E-state index in [2.05, 4.69) is 0 Å². The van der Waals surface area contributed by atoms with Gasteiger partial charge in [-0.05, 0) is 25.0 Å². The Morgan fingerprint density at radius 1 is 1.50 bits per heavy atom. The molecule has 18 heavy (non-hydrogen) atoms. The van der Waals surface area contributed by atoms with Gasteiger partial charge in [0, 0.05) is 18.8 Å². The molecule has 0 unspecified atom stereocenters. The molecule has 1 aromatic rings. The van der Waals surface area contributed by atoms with Gasteiger partial charge >= 0.3 is 5.97 Å². The molecule has 0 heterocycles. The van der Waals surface area contributed by atoms with E-state index in [0.717, 1.165) is 6.07 Å². The minimum atomic E-state index is -1.14. The second-order valence-electron chi connectivity index (χ2n) is 4.63. The number of carboxylic acids is 1. The van der Waals surface area contributed by atoms with Crippen LogP contribution in [0.5, 0.6) is 0 Å². The molecule has 0 saturated carbocycles. The summed E-state index contributed by atoms with van der Waals surface area (Å²) < 4.78 is 13.9. The molecule has 0 amide bonds. The quantitative estimate of drug-likeness (QED) is 0.792. The summed E-state index contributed by atoms with van der Waals surface area (Å²) in [6.07, 6.45) is 0. The van der Waals surface area contributed by atoms with E-state index in [1.807, 2.05) is 25.7 Å². The van der Waals surface area contributed by atoms with Gasteiger partial charge in [-0.3, -0.25) is 0 Å². The SMILES string of the molecule is CCN(CC(C)C)c1cc(C(=O)O)c(N)cc1F. The zero-order valence-electron chi connectivity index (χ0n) is 10.9. The number of rotatable bonds is 5. The number of halogens is 1. The number of nitrogen functional groups attached to an aromatic ring is 1. The molecule has 0 fully saturated rings. The Morgan fingerprint density at radius 3 is 2.56 bits per heavy atom. The van der Waals surface area contributed by atoms with Gasteiger partial charge < -0.3 is 15.7 Å². The lowest BCUT2D eigenvalue weighted by Gasteiger charge is -2.26. The first-order valence-corrected chi connectivity index (χ1v) is 5.94. The lowest BCUT2D eigenvalue weighted by atomic mass is 10.1. The van der Waals surface area contributed by atoms with Crippen LogP contribution in [0.25, 0.3) is 0 Å². The fraction of sp³-hybridized carbons (Fsp3) is 0.462. The average Bonchev–Trinajstić information content (AvgIpc) is 2.25. The Hall–Kier alpha value is -1.78. The van der Waals surface area contributed by atoms with E-state index >= 15 is 0 Å². The number of carboxylic acid groups (broad SMARTS) is 1. The molecule has 0 aromatic heterocycles. The largest absolute Gasteiger partial charge is 0.478 e. The first kappa shape index (κ1) is 14.3. The maximum Gasteiger partial charge on any atom is 0.337 e. The molecule has 0 spiro atoms. The van der Waals surface area contributed by atoms with Crippen molar-refractivity contribution >= 4 is 17.3 Å². The fourth-order valence-electron chi connectivity index (χ4n) is 1.84. The number of aromatic carboxylic acids is 1. The summed E-state index contributed by atoms with van der Waals surface area (Å²) in [5.41, 5.74) is 5.67. The van der Waals surface area contributed by atoms with E-state index in [1.165, 1.54) is 6.07 Å². The number of hydrogen-bond donors (Lipinski definition) is 2. The molecular formula is C13H19FN2O2. The van der Waals surface area contributed by atoms with Crippen molar-refractivity contribution in [2.75, 3.05) is 23.7 Å². The minimum absolute atomic E-state index is 0.0515. The summed E-state index contributed by atoms with van der Waals surface area (Å²) in [5.74, 6) is -1.27. The van der Waals surface area contributed by atoms with Crippen LogP contribution < -0.4 is 10.6 Å². The van der Waals surface area contributed by atoms with E-state index in [4.69, 9.17) is 10.8 Å². The Kier molecular flexibility index (Phi) is 4.53. The van der Waals surface area contributed by atoms with E-state index < -0.39 is 11.8 Å². The molecule has 1 aromatic carbocycles. The topological polar surface area (TPSA) is 66.6 Å². The maximum absolute atomic E-state index is 13.9. The van der Waals surface area contributed by atoms with E-state index in [0.29, 0.717) is 19.0 Å². The number of anilines is 2. The molecule has 1 rings (SSSR count). The predicted molar refractivity (Wildman–Crippen MR) is 70.5 cm³/mol. The van der Waals surface area contributed by atoms with Crippen molar-refractivity contribution in [3.8, 4) is 0 Å². The van der Waals surface area contributed by atoms with E-state index in [9.17, 15) is 9.18 Å². The zero-order chi connectivity index (χ0) is 13.9. The molecule has 0 aliphatic carbocycles. The summed E-state index contributed by atoms with van der Waals surface area (Å²) in [6, 6.07) is 2.38. The Bertz CT molecular complexity index is 447. The summed E-state index contributed by atoms with van der Waals surface area (Å²) >= 11 is 0. The molecule has 0 saturated heterocycles. The fourth-order valence-corrected chi connectivity index (χ4v) is 1.84. The second kappa shape index (κ2) is 5.71. The molecular weight excluding hydrogens is 235 g/mol. The van der Waals surface area contributed by atoms with Crippen molar-refractivity contribution < 1.29 is 14.3 Å². The molecule has 5 heteroatoms. The third-order valence-electron chi connectivity index (χ3n) is 2.66. The summed E-state index contributed by atoms with van der Waals surface area (Å²) in [5, 5.41) is 9.00. The van der Waals surface area contributed by atoms with Crippen LogP contribution in [0.15, 0.2) is 12.1 Å². The predicted octanol–water partition coefficient (Wildman–Crippen LogP) is 2.59. The van der Waals surface area contributed by atoms with Gasteiger partial charge in [-0.15, -0.1) is 0 Å². The first-order valence-electron chi connectivity index (χ1n) is 5.94. The molecule has 0 radical (unpaired) electrons. The van der Waals surface area contributed by atoms with E-state index in [-0.39, 0.29) is 16.9 Å². The van der Waals surface area contributed by atoms with Gasteiger partial charge in [0.1, 0.15) is 5.82 Å². The highest BCUT2D eigenvalue weighted by atomic mass is 19.1. The van der Waals surface area contributed by atoms with Crippen LogP contribution in [0.3, 0.4) is 0 Å². The lowest BCUT2D eigenvalue weighted by Crippen LogP contribution is -2.28. The Labute approximate surface area is 106 Å². The van der Waals surface area contributed by atoms with Crippen LogP contribution in [0, 0.1) is 11.7 Å². The lowest BCUT2D eigenvalue weighted by molar-refractivity contribution is 0.0698. The van der Waals surface area contributed by atoms with Crippen LogP contribution in [0.4, 0.5) is 15.8 Å². The molecule has 4 nitrogen and oxygen atoms in total. The smallest absolute Gasteiger partial charge is 0.337 e. The normalized spacial score (nSPS) is 10.7. The van der Waals surface area contributed by atoms with Gasteiger partial charge in [0.15, 0.2) is 0 Å². The van der Waals surface area contributed by atoms with Crippen molar-refractivity contribution in [3.05, 3.63) is 23.5 Å². The van der Waals surface area contributed by atoms with Crippen molar-refractivity contribution in [2.24, 2.45) is 5.92 Å². The van der Waals surface area contributed by atoms with Crippen molar-refractivity contribution in [3.63, 3.8) is 0 Å². The van der Waals surface area contributed by atoms with Gasteiger partial charge in [-0.1, -0.05) is 13.8 Å². The number of hydrogen-bond acceptors (Lipinski definition) is 3. The number of carbonyl (C=O) groups is 1. The molecule has 3 N–H and O–H groups in total. The highest BCUT2D eigenvalue weighted by molar-refractivity contribution is 5.95. The summed E-state index contributed by atoms with van der Waals surface area (Å²) in [7, 11) is 0. The number of nitrogens with two attached hydrogens (primary N) is 1. The van der Waals surface area contributed by atoms with Crippen molar-refractivity contribution in [1.82, 2.24) is 0 Å². The Morgan fingerprint density at radius 2 is 2.11 bits per heavy atom. The molecule has 0 atom stereocenters. The molecule has 100 valence electrons. The molecule has 0 bridgehead atoms. The van der Waals surface area contributed by atoms with Gasteiger partial charge in [0.2, 0.25) is 0 Å². The first-order chi connectivity index (χ1) is 8.36. The van der Waals surface area contributed by atoms with Gasteiger partial charge in [0.25, 0.3) is 0 Å². The number of nitrogens with zero attached hydrogens (tertiary/aromatic N) is 1. The monoisotopic (exact) mass is 254 g/mol. The van der Waals surface area contributed by atoms with Gasteiger partial charge in [-0.2, -0.15) is 0 Å². The van der Waals surface area contributed by atoms with Crippen LogP contribution in [0.1, 0.15) is 31.1 Å². The van der Waals surface area contributed by atoms with E-state index in [1.54, 1.807) is 0 Å². The highest BCUT2D eigenvalue weighted by Crippen LogP contribution is 2.26. The highest BCUT2D eigenvalue weighted by Gasteiger charge is 2.17. The minimum Gasteiger partial charge on any atom is -0.478 e. The second-order valence-corrected chi connectivity index (χ2v) is 4.63. The Balaban J connectivity index is 3.21. The van der Waals surface area contributed by atoms with Gasteiger partial charge in [0.05, 0.1) is 11.3 Å². The van der Waals surface area contributed by atoms with Gasteiger partial charge in [-0.25, -0.2) is 9.18 Å². The van der Waals surface area contributed by atoms with Crippen LogP contribution in [-0.4, -0.2) is 24.2 Å². The summed E-state index contributed by atoms with van der Waals surface area (Å²) in [4.78, 5) is 12.8. The van der Waals surface area contributed by atoms with Crippen molar-refractivity contribution in [1.29, 1.82) is 0 Å². The number of benzene rings is 1.